The molecule has 1 aliphatic rings. The standard InChI is InChI=1S/C14H21N3O7.C14H26N2O5.C10H14.C7H11NO3.C7H15NO2.C6H14.CH4/c1-7(2)11(13(21)23-4)16-14(22)15-8(3)12(20)24-17-9(18)5-6-10(17)19;1-8(2)10(12(18)20-7)16-13(19)15-9(3)11(17)21-14(4,5)6;1-9(2)8-10-6-4-3-5-7-10;1-5(2)6(8-4-9)7(10)11-3;1-5(8)6(9)10-7(2,3)4;1-5(2)6(3)4;/h7-8,11H,5-6H2,1-4H3,(H2,15,16,22);8-10H,1-7H3,(H2,15,16,19);3-7,9H,8H2,1-2H3;5-6H,1-3H3;5H,8H2,1-4H3;5-6H,1-4H3;1H4/t8-,11-;9-,10-;;6-;5-;;/m00.00../s1. The lowest BCUT2D eigenvalue weighted by Gasteiger charge is -2.24. The largest absolute Gasteiger partial charge is 0.467 e. The van der Waals surface area contributed by atoms with Gasteiger partial charge in [-0.05, 0) is 110 Å². The fourth-order valence-corrected chi connectivity index (χ4v) is 5.48. The number of benzene rings is 1. The molecule has 0 bridgehead atoms. The summed E-state index contributed by atoms with van der Waals surface area (Å²) in [4.78, 5) is 133. The molecule has 478 valence electrons. The van der Waals surface area contributed by atoms with Crippen LogP contribution in [0.2, 0.25) is 0 Å². The third kappa shape index (κ3) is 42.5. The molecule has 0 unspecified atom stereocenters. The highest BCUT2D eigenvalue weighted by molar-refractivity contribution is 6.02. The minimum absolute atomic E-state index is 0. The molecule has 1 heterocycles. The molecule has 0 aromatic heterocycles. The van der Waals surface area contributed by atoms with Gasteiger partial charge in [-0.15, -0.1) is 5.06 Å². The molecular formula is C59H105N7O17. The molecule has 1 aromatic rings. The van der Waals surface area contributed by atoms with Crippen molar-refractivity contribution in [3.63, 3.8) is 0 Å². The molecule has 24 nitrogen and oxygen atoms in total. The van der Waals surface area contributed by atoms with Gasteiger partial charge in [0.15, 0.2) is 6.04 Å². The molecule has 0 spiro atoms. The van der Waals surface area contributed by atoms with Crippen molar-refractivity contribution >= 4 is 65.8 Å². The first-order chi connectivity index (χ1) is 37.5. The maximum absolute atomic E-state index is 11.9. The summed E-state index contributed by atoms with van der Waals surface area (Å²) in [6.07, 6.45) is 2.49. The van der Waals surface area contributed by atoms with Crippen LogP contribution >= 0.6 is 0 Å². The molecule has 6 atom stereocenters. The average molecular weight is 1180 g/mol. The number of rotatable bonds is 18. The Morgan fingerprint density at radius 3 is 1.18 bits per heavy atom. The van der Waals surface area contributed by atoms with E-state index in [9.17, 15) is 52.7 Å². The Labute approximate surface area is 494 Å². The highest BCUT2D eigenvalue weighted by Crippen LogP contribution is 2.14. The summed E-state index contributed by atoms with van der Waals surface area (Å²) >= 11 is 0. The van der Waals surface area contributed by atoms with Crippen molar-refractivity contribution in [1.82, 2.24) is 26.3 Å². The molecule has 0 saturated carbocycles. The van der Waals surface area contributed by atoms with Crippen LogP contribution in [0.4, 0.5) is 9.59 Å². The SMILES string of the molecule is C.CC(C)C(C)C.CC(C)Cc1ccccc1.COC(=O)[C@@H](N=C=O)C(C)C.COC(=O)[C@@H](NC(=O)N[C@@H](C)C(=O)OC(C)(C)C)C(C)C.COC(=O)[C@@H](NC(=O)N[C@@H](C)C(=O)ON1C(=O)CCC1=O)C(C)C.C[C@H](N)C(=O)OC(C)(C)C. The zero-order valence-corrected chi connectivity index (χ0v) is 53.3. The topological polar surface area (TPSA) is 333 Å². The Bertz CT molecular complexity index is 2140. The van der Waals surface area contributed by atoms with Gasteiger partial charge in [0.1, 0.15) is 41.4 Å². The highest BCUT2D eigenvalue weighted by atomic mass is 16.7. The van der Waals surface area contributed by atoms with E-state index in [1.807, 2.05) is 20.8 Å². The lowest BCUT2D eigenvalue weighted by Crippen LogP contribution is -2.53. The van der Waals surface area contributed by atoms with Crippen LogP contribution in [-0.2, 0) is 78.1 Å². The van der Waals surface area contributed by atoms with Gasteiger partial charge >= 0.3 is 47.9 Å². The lowest BCUT2D eigenvalue weighted by atomic mass is 10.0. The molecule has 0 radical (unpaired) electrons. The van der Waals surface area contributed by atoms with Gasteiger partial charge in [0.05, 0.1) is 21.3 Å². The zero-order chi connectivity index (χ0) is 65.0. The van der Waals surface area contributed by atoms with Crippen molar-refractivity contribution in [3.8, 4) is 0 Å². The fraction of sp³-hybridized carbons (Fsp3) is 0.712. The van der Waals surface area contributed by atoms with Gasteiger partial charge < -0.3 is 55.5 Å². The van der Waals surface area contributed by atoms with Gasteiger partial charge in [0.25, 0.3) is 11.8 Å². The summed E-state index contributed by atoms with van der Waals surface area (Å²) in [5, 5.41) is 9.96. The Hall–Kier alpha value is -6.94. The molecular weight excluding hydrogens is 1080 g/mol. The lowest BCUT2D eigenvalue weighted by molar-refractivity contribution is -0.198. The minimum atomic E-state index is -1.14. The normalized spacial score (nSPS) is 13.7. The summed E-state index contributed by atoms with van der Waals surface area (Å²) < 4.78 is 23.7. The van der Waals surface area contributed by atoms with E-state index in [2.05, 4.69) is 117 Å². The number of urea groups is 2. The number of methoxy groups -OCH3 is 3. The first kappa shape index (κ1) is 84.9. The second-order valence-corrected chi connectivity index (χ2v) is 23.0. The molecule has 6 N–H and O–H groups in total. The van der Waals surface area contributed by atoms with E-state index in [4.69, 9.17) is 15.2 Å². The second-order valence-electron chi connectivity index (χ2n) is 23.0. The number of aliphatic imine (C=N–C) groups is 1. The predicted molar refractivity (Wildman–Crippen MR) is 316 cm³/mol. The third-order valence-electron chi connectivity index (χ3n) is 10.7. The van der Waals surface area contributed by atoms with E-state index < -0.39 is 101 Å². The number of hydrogen-bond acceptors (Lipinski definition) is 19. The number of hydroxylamine groups is 2. The van der Waals surface area contributed by atoms with E-state index in [0.717, 1.165) is 17.8 Å². The van der Waals surface area contributed by atoms with Gasteiger partial charge in [-0.25, -0.2) is 38.4 Å². The number of hydrogen-bond donors (Lipinski definition) is 5. The van der Waals surface area contributed by atoms with Crippen molar-refractivity contribution in [2.75, 3.05) is 21.3 Å². The summed E-state index contributed by atoms with van der Waals surface area (Å²) in [7, 11) is 3.71. The first-order valence-corrected chi connectivity index (χ1v) is 27.3. The Balaban J connectivity index is -0.000000310. The number of carbonyl (C=O) groups is 10. The first-order valence-electron chi connectivity index (χ1n) is 27.3. The van der Waals surface area contributed by atoms with Crippen LogP contribution in [0.3, 0.4) is 0 Å². The molecule has 6 amide bonds. The average Bonchev–Trinajstić information content (AvgIpc) is 3.67. The zero-order valence-electron chi connectivity index (χ0n) is 53.3. The van der Waals surface area contributed by atoms with Crippen molar-refractivity contribution in [1.29, 1.82) is 0 Å². The molecule has 24 heteroatoms. The maximum atomic E-state index is 11.9. The Kier molecular flexibility index (Phi) is 44.7. The van der Waals surface area contributed by atoms with Gasteiger partial charge in [-0.2, -0.15) is 4.99 Å². The van der Waals surface area contributed by atoms with Crippen molar-refractivity contribution in [2.24, 2.45) is 46.2 Å². The number of esters is 5. The Morgan fingerprint density at radius 1 is 0.542 bits per heavy atom. The fourth-order valence-electron chi connectivity index (χ4n) is 5.48. The number of nitrogens with zero attached hydrogens (tertiary/aromatic N) is 2. The van der Waals surface area contributed by atoms with Crippen molar-refractivity contribution < 1.29 is 81.3 Å². The van der Waals surface area contributed by atoms with Crippen molar-refractivity contribution in [3.05, 3.63) is 35.9 Å². The number of nitrogens with two attached hydrogens (primary N) is 1. The number of ether oxygens (including phenoxy) is 5. The maximum Gasteiger partial charge on any atom is 0.355 e. The summed E-state index contributed by atoms with van der Waals surface area (Å²) in [6, 6.07) is 4.32. The number of imide groups is 1. The van der Waals surface area contributed by atoms with E-state index >= 15 is 0 Å². The van der Waals surface area contributed by atoms with Gasteiger partial charge in [-0.1, -0.05) is 121 Å². The summed E-state index contributed by atoms with van der Waals surface area (Å²) in [6.45, 7) is 39.1. The van der Waals surface area contributed by atoms with Crippen LogP contribution in [0.5, 0.6) is 0 Å². The molecule has 1 aliphatic heterocycles. The second kappa shape index (κ2) is 43.7. The van der Waals surface area contributed by atoms with E-state index in [1.54, 1.807) is 69.2 Å². The number of carbonyl (C=O) groups excluding carboxylic acids is 11. The summed E-state index contributed by atoms with van der Waals surface area (Å²) in [5.41, 5.74) is 5.66. The molecule has 0 aliphatic carbocycles. The molecule has 1 fully saturated rings. The quantitative estimate of drug-likeness (QED) is 0.0309. The monoisotopic (exact) mass is 1180 g/mol. The van der Waals surface area contributed by atoms with Crippen LogP contribution in [0.15, 0.2) is 35.3 Å². The number of nitrogens with one attached hydrogen (secondary N) is 4. The Morgan fingerprint density at radius 2 is 0.904 bits per heavy atom. The van der Waals surface area contributed by atoms with Crippen LogP contribution in [0, 0.1) is 35.5 Å². The van der Waals surface area contributed by atoms with Gasteiger partial charge in [0, 0.05) is 12.8 Å². The number of isocyanates is 1. The highest BCUT2D eigenvalue weighted by Gasteiger charge is 2.35. The van der Waals surface area contributed by atoms with Crippen LogP contribution in [0.25, 0.3) is 0 Å². The van der Waals surface area contributed by atoms with Crippen molar-refractivity contribution in [2.45, 2.75) is 220 Å². The van der Waals surface area contributed by atoms with E-state index in [0.29, 0.717) is 5.06 Å². The number of amides is 6. The van der Waals surface area contributed by atoms with Crippen LogP contribution in [0.1, 0.15) is 171 Å². The minimum Gasteiger partial charge on any atom is -0.467 e. The predicted octanol–water partition coefficient (Wildman–Crippen LogP) is 7.71. The smallest absolute Gasteiger partial charge is 0.355 e. The summed E-state index contributed by atoms with van der Waals surface area (Å²) in [5.74, 6) is -2.70. The van der Waals surface area contributed by atoms with Gasteiger partial charge in [0.2, 0.25) is 6.08 Å². The van der Waals surface area contributed by atoms with Crippen LogP contribution < -0.4 is 27.0 Å². The van der Waals surface area contributed by atoms with E-state index in [1.165, 1.54) is 53.2 Å². The molecule has 83 heavy (non-hydrogen) atoms. The van der Waals surface area contributed by atoms with Crippen LogP contribution in [-0.4, -0.2) is 140 Å². The molecule has 2 rings (SSSR count). The van der Waals surface area contributed by atoms with Gasteiger partial charge in [-0.3, -0.25) is 14.4 Å². The molecule has 1 saturated heterocycles. The third-order valence-corrected chi connectivity index (χ3v) is 10.7. The van der Waals surface area contributed by atoms with E-state index in [-0.39, 0.29) is 44.0 Å². The molecule has 1 aromatic carbocycles.